The number of thiocarbonyl (C=S) groups is 1. The van der Waals surface area contributed by atoms with Crippen LogP contribution in [-0.2, 0) is 25.5 Å². The highest BCUT2D eigenvalue weighted by Crippen LogP contribution is 2.21. The van der Waals surface area contributed by atoms with Crippen LogP contribution in [-0.4, -0.2) is 35.6 Å². The molecule has 35 heavy (non-hydrogen) atoms. The summed E-state index contributed by atoms with van der Waals surface area (Å²) in [5.74, 6) is -0.866. The van der Waals surface area contributed by atoms with E-state index < -0.39 is 23.9 Å². The van der Waals surface area contributed by atoms with Crippen molar-refractivity contribution in [2.24, 2.45) is 0 Å². The predicted octanol–water partition coefficient (Wildman–Crippen LogP) is 3.20. The zero-order valence-corrected chi connectivity index (χ0v) is 20.1. The van der Waals surface area contributed by atoms with E-state index in [0.29, 0.717) is 12.2 Å². The molecule has 3 aromatic rings. The van der Waals surface area contributed by atoms with Gasteiger partial charge in [0.15, 0.2) is 11.2 Å². The van der Waals surface area contributed by atoms with E-state index in [-0.39, 0.29) is 24.6 Å². The maximum absolute atomic E-state index is 12.3. The Hall–Kier alpha value is -3.98. The lowest BCUT2D eigenvalue weighted by Crippen LogP contribution is -2.51. The average molecular weight is 494 g/mol. The first-order valence-corrected chi connectivity index (χ1v) is 11.6. The van der Waals surface area contributed by atoms with E-state index in [1.54, 1.807) is 13.0 Å². The second kappa shape index (κ2) is 13.0. The van der Waals surface area contributed by atoms with E-state index in [9.17, 15) is 14.4 Å². The number of hydrogen-bond acceptors (Lipinski definition) is 6. The predicted molar refractivity (Wildman–Crippen MR) is 136 cm³/mol. The number of hydrazine groups is 1. The fraction of sp³-hybridized carbons (Fsp3) is 0.231. The molecule has 0 aliphatic heterocycles. The van der Waals surface area contributed by atoms with Crippen LogP contribution in [0.2, 0.25) is 0 Å². The highest BCUT2D eigenvalue weighted by Gasteiger charge is 2.16. The lowest BCUT2D eigenvalue weighted by atomic mass is 10.1. The number of fused-ring (bicyclic) bond motifs is 1. The Morgan fingerprint density at radius 1 is 0.886 bits per heavy atom. The van der Waals surface area contributed by atoms with Gasteiger partial charge in [-0.1, -0.05) is 60.7 Å². The number of amides is 2. The Labute approximate surface area is 209 Å². The molecule has 0 saturated heterocycles. The normalized spacial score (nSPS) is 11.2. The van der Waals surface area contributed by atoms with E-state index in [0.717, 1.165) is 16.3 Å². The molecule has 0 saturated carbocycles. The van der Waals surface area contributed by atoms with Gasteiger partial charge in [-0.15, -0.1) is 0 Å². The second-order valence-electron chi connectivity index (χ2n) is 7.72. The zero-order valence-electron chi connectivity index (χ0n) is 19.3. The smallest absolute Gasteiger partial charge is 0.306 e. The second-order valence-corrected chi connectivity index (χ2v) is 8.12. The molecule has 0 fully saturated rings. The Morgan fingerprint density at radius 2 is 1.60 bits per heavy atom. The number of nitrogens with one attached hydrogen (secondary N) is 3. The van der Waals surface area contributed by atoms with Gasteiger partial charge in [0.05, 0.1) is 13.0 Å². The Bertz CT molecular complexity index is 1190. The summed E-state index contributed by atoms with van der Waals surface area (Å²) < 4.78 is 10.8. The van der Waals surface area contributed by atoms with Crippen LogP contribution < -0.4 is 20.9 Å². The molecule has 0 heterocycles. The van der Waals surface area contributed by atoms with Crippen LogP contribution in [0, 0.1) is 0 Å². The van der Waals surface area contributed by atoms with Crippen molar-refractivity contribution in [2.75, 3.05) is 6.61 Å². The monoisotopic (exact) mass is 493 g/mol. The molecule has 8 nitrogen and oxygen atoms in total. The van der Waals surface area contributed by atoms with Gasteiger partial charge in [0.2, 0.25) is 5.91 Å². The molecule has 182 valence electrons. The molecular weight excluding hydrogens is 466 g/mol. The van der Waals surface area contributed by atoms with Crippen molar-refractivity contribution < 1.29 is 23.9 Å². The lowest BCUT2D eigenvalue weighted by molar-refractivity contribution is -0.144. The summed E-state index contributed by atoms with van der Waals surface area (Å²) in [7, 11) is 0. The van der Waals surface area contributed by atoms with E-state index in [1.807, 2.05) is 66.7 Å². The quantitative estimate of drug-likeness (QED) is 0.239. The van der Waals surface area contributed by atoms with Crippen molar-refractivity contribution in [2.45, 2.75) is 32.3 Å². The van der Waals surface area contributed by atoms with Crippen molar-refractivity contribution >= 4 is 45.9 Å². The molecule has 0 bridgehead atoms. The minimum Gasteiger partial charge on any atom is -0.481 e. The average Bonchev–Trinajstić information content (AvgIpc) is 2.86. The fourth-order valence-corrected chi connectivity index (χ4v) is 3.32. The maximum Gasteiger partial charge on any atom is 0.306 e. The van der Waals surface area contributed by atoms with Gasteiger partial charge in [0, 0.05) is 12.8 Å². The highest BCUT2D eigenvalue weighted by atomic mass is 32.1. The van der Waals surface area contributed by atoms with Gasteiger partial charge in [-0.25, -0.2) is 0 Å². The molecule has 0 aliphatic rings. The molecule has 3 N–H and O–H groups in total. The molecule has 9 heteroatoms. The molecule has 0 aliphatic carbocycles. The van der Waals surface area contributed by atoms with Gasteiger partial charge in [-0.2, -0.15) is 0 Å². The third-order valence-electron chi connectivity index (χ3n) is 5.01. The fourth-order valence-electron chi connectivity index (χ4n) is 3.15. The van der Waals surface area contributed by atoms with Gasteiger partial charge in [-0.05, 0) is 47.6 Å². The number of carbonyl (C=O) groups is 3. The first-order chi connectivity index (χ1) is 16.9. The minimum atomic E-state index is -0.812. The zero-order chi connectivity index (χ0) is 25.0. The molecule has 1 atom stereocenters. The summed E-state index contributed by atoms with van der Waals surface area (Å²) in [6.45, 7) is 1.84. The largest absolute Gasteiger partial charge is 0.481 e. The van der Waals surface area contributed by atoms with Crippen molar-refractivity contribution in [3.63, 3.8) is 0 Å². The van der Waals surface area contributed by atoms with E-state index in [4.69, 9.17) is 21.7 Å². The van der Waals surface area contributed by atoms with E-state index in [2.05, 4.69) is 16.2 Å². The number of benzene rings is 3. The number of rotatable bonds is 9. The summed E-state index contributed by atoms with van der Waals surface area (Å²) in [5, 5.41) is 4.37. The van der Waals surface area contributed by atoms with E-state index >= 15 is 0 Å². The van der Waals surface area contributed by atoms with Crippen molar-refractivity contribution in [1.29, 1.82) is 0 Å². The summed E-state index contributed by atoms with van der Waals surface area (Å²) in [4.78, 5) is 36.1. The minimum absolute atomic E-state index is 0.0772. The van der Waals surface area contributed by atoms with Crippen LogP contribution in [0.25, 0.3) is 10.8 Å². The third-order valence-corrected chi connectivity index (χ3v) is 5.21. The summed E-state index contributed by atoms with van der Waals surface area (Å²) >= 11 is 5.01. The van der Waals surface area contributed by atoms with Crippen molar-refractivity contribution in [3.8, 4) is 5.75 Å². The third kappa shape index (κ3) is 8.71. The number of ether oxygens (including phenoxy) is 2. The standard InChI is InChI=1S/C26H27N3O5S/c1-18(34-22-12-11-20-9-5-6-10-21(20)17-22)25(32)28-29-26(35)27-23(30)13-14-24(31)33-16-15-19-7-3-2-4-8-19/h2-12,17-18H,13-16H2,1H3,(H,28,32)(H2,27,29,30,35). The molecule has 0 radical (unpaired) electrons. The highest BCUT2D eigenvalue weighted by molar-refractivity contribution is 7.80. The summed E-state index contributed by atoms with van der Waals surface area (Å²) in [6, 6.07) is 23.0. The van der Waals surface area contributed by atoms with Gasteiger partial charge < -0.3 is 14.8 Å². The number of esters is 1. The number of hydrogen-bond donors (Lipinski definition) is 3. The molecule has 1 unspecified atom stereocenters. The Morgan fingerprint density at radius 3 is 2.37 bits per heavy atom. The van der Waals surface area contributed by atoms with Gasteiger partial charge in [0.25, 0.3) is 5.91 Å². The van der Waals surface area contributed by atoms with Crippen molar-refractivity contribution in [3.05, 3.63) is 78.4 Å². The molecule has 3 aromatic carbocycles. The topological polar surface area (TPSA) is 106 Å². The van der Waals surface area contributed by atoms with Crippen LogP contribution in [0.5, 0.6) is 5.75 Å². The molecule has 0 spiro atoms. The Balaban J connectivity index is 1.31. The van der Waals surface area contributed by atoms with Gasteiger partial charge >= 0.3 is 5.97 Å². The van der Waals surface area contributed by atoms with Crippen LogP contribution >= 0.6 is 12.2 Å². The summed E-state index contributed by atoms with van der Waals surface area (Å²) in [6.07, 6.45) is -0.379. The summed E-state index contributed by atoms with van der Waals surface area (Å²) in [5.41, 5.74) is 5.91. The van der Waals surface area contributed by atoms with Crippen LogP contribution in [0.3, 0.4) is 0 Å². The van der Waals surface area contributed by atoms with Crippen LogP contribution in [0.1, 0.15) is 25.3 Å². The van der Waals surface area contributed by atoms with Crippen LogP contribution in [0.4, 0.5) is 0 Å². The van der Waals surface area contributed by atoms with Crippen molar-refractivity contribution in [1.82, 2.24) is 16.2 Å². The Kier molecular flexibility index (Phi) is 9.56. The van der Waals surface area contributed by atoms with Crippen LogP contribution in [0.15, 0.2) is 72.8 Å². The SMILES string of the molecule is CC(Oc1ccc2ccccc2c1)C(=O)NNC(=S)NC(=O)CCC(=O)OCCc1ccccc1. The van der Waals surface area contributed by atoms with Gasteiger partial charge in [0.1, 0.15) is 5.75 Å². The lowest BCUT2D eigenvalue weighted by Gasteiger charge is -2.16. The first-order valence-electron chi connectivity index (χ1n) is 11.2. The molecule has 2 amide bonds. The maximum atomic E-state index is 12.3. The molecular formula is C26H27N3O5S. The van der Waals surface area contributed by atoms with Gasteiger partial charge in [-0.3, -0.25) is 25.2 Å². The van der Waals surface area contributed by atoms with E-state index in [1.165, 1.54) is 0 Å². The molecule has 3 rings (SSSR count). The molecule has 0 aromatic heterocycles. The number of carbonyl (C=O) groups excluding carboxylic acids is 3. The first kappa shape index (κ1) is 25.6.